The minimum atomic E-state index is -3.78. The molecule has 0 fully saturated rings. The van der Waals surface area contributed by atoms with Crippen molar-refractivity contribution in [3.05, 3.63) is 58.6 Å². The van der Waals surface area contributed by atoms with Crippen molar-refractivity contribution in [3.8, 4) is 0 Å². The van der Waals surface area contributed by atoms with Crippen molar-refractivity contribution in [2.75, 3.05) is 31.6 Å². The van der Waals surface area contributed by atoms with Gasteiger partial charge < -0.3 is 10.1 Å². The van der Waals surface area contributed by atoms with E-state index < -0.39 is 46.9 Å². The van der Waals surface area contributed by atoms with E-state index in [-0.39, 0.29) is 39.8 Å². The van der Waals surface area contributed by atoms with Crippen molar-refractivity contribution in [1.82, 2.24) is 9.21 Å². The Hall–Kier alpha value is -3.28. The normalized spacial score (nSPS) is 13.2. The summed E-state index contributed by atoms with van der Waals surface area (Å²) in [7, 11) is -3.78. The molecule has 1 aliphatic rings. The Morgan fingerprint density at radius 3 is 2.18 bits per heavy atom. The standard InChI is InChI=1S/C22H22ClN3O7S/c1-3-25(4-2)34(31,32)14-9-10-17(23)18(11-14)24-19(27)13-33-20(28)12-26-21(29)15-7-5-6-8-16(15)22(26)30/h5-11H,3-4,12-13H2,1-2H3,(H,24,27). The van der Waals surface area contributed by atoms with Crippen LogP contribution in [0.2, 0.25) is 5.02 Å². The Morgan fingerprint density at radius 1 is 1.03 bits per heavy atom. The molecule has 1 N–H and O–H groups in total. The summed E-state index contributed by atoms with van der Waals surface area (Å²) in [4.78, 5) is 49.7. The second kappa shape index (κ2) is 10.3. The van der Waals surface area contributed by atoms with Gasteiger partial charge >= 0.3 is 5.97 Å². The highest BCUT2D eigenvalue weighted by atomic mass is 35.5. The fourth-order valence-corrected chi connectivity index (χ4v) is 5.01. The predicted octanol–water partition coefficient (Wildman–Crippen LogP) is 2.15. The number of fused-ring (bicyclic) bond motifs is 1. The van der Waals surface area contributed by atoms with Gasteiger partial charge in [0.2, 0.25) is 10.0 Å². The number of esters is 1. The van der Waals surface area contributed by atoms with Crippen LogP contribution < -0.4 is 5.32 Å². The highest BCUT2D eigenvalue weighted by molar-refractivity contribution is 7.89. The maximum atomic E-state index is 12.7. The first-order valence-electron chi connectivity index (χ1n) is 10.3. The number of hydrogen-bond donors (Lipinski definition) is 1. The average Bonchev–Trinajstić information content (AvgIpc) is 3.04. The second-order valence-electron chi connectivity index (χ2n) is 7.18. The van der Waals surface area contributed by atoms with Crippen LogP contribution in [0, 0.1) is 0 Å². The first kappa shape index (κ1) is 25.3. The van der Waals surface area contributed by atoms with E-state index in [4.69, 9.17) is 16.3 Å². The van der Waals surface area contributed by atoms with Gasteiger partial charge in [0, 0.05) is 13.1 Å². The molecule has 34 heavy (non-hydrogen) atoms. The molecule has 0 aliphatic carbocycles. The molecular weight excluding hydrogens is 486 g/mol. The summed E-state index contributed by atoms with van der Waals surface area (Å²) in [6, 6.07) is 10.0. The smallest absolute Gasteiger partial charge is 0.326 e. The third-order valence-corrected chi connectivity index (χ3v) is 7.46. The molecular formula is C22H22ClN3O7S. The number of anilines is 1. The molecule has 0 atom stereocenters. The average molecular weight is 508 g/mol. The molecule has 1 heterocycles. The van der Waals surface area contributed by atoms with Crippen LogP contribution in [0.3, 0.4) is 0 Å². The summed E-state index contributed by atoms with van der Waals surface area (Å²) in [5.41, 5.74) is 0.399. The number of halogens is 1. The van der Waals surface area contributed by atoms with Crippen LogP contribution in [0.5, 0.6) is 0 Å². The van der Waals surface area contributed by atoms with E-state index in [1.54, 1.807) is 26.0 Å². The first-order valence-corrected chi connectivity index (χ1v) is 12.1. The van der Waals surface area contributed by atoms with Gasteiger partial charge in [0.25, 0.3) is 17.7 Å². The first-order chi connectivity index (χ1) is 16.1. The monoisotopic (exact) mass is 507 g/mol. The van der Waals surface area contributed by atoms with Gasteiger partial charge in [-0.25, -0.2) is 8.42 Å². The van der Waals surface area contributed by atoms with Crippen molar-refractivity contribution in [3.63, 3.8) is 0 Å². The number of hydrogen-bond acceptors (Lipinski definition) is 7. The zero-order valence-corrected chi connectivity index (χ0v) is 20.0. The van der Waals surface area contributed by atoms with Crippen molar-refractivity contribution >= 4 is 51.0 Å². The van der Waals surface area contributed by atoms with Gasteiger partial charge in [-0.05, 0) is 30.3 Å². The van der Waals surface area contributed by atoms with Crippen molar-refractivity contribution < 1.29 is 32.3 Å². The lowest BCUT2D eigenvalue weighted by atomic mass is 10.1. The molecule has 12 heteroatoms. The molecule has 0 unspecified atom stereocenters. The number of rotatable bonds is 9. The molecule has 180 valence electrons. The number of amides is 3. The lowest BCUT2D eigenvalue weighted by Gasteiger charge is -2.19. The van der Waals surface area contributed by atoms with Crippen LogP contribution in [0.15, 0.2) is 47.4 Å². The zero-order valence-electron chi connectivity index (χ0n) is 18.4. The van der Waals surface area contributed by atoms with Crippen LogP contribution in [-0.4, -0.2) is 67.6 Å². The summed E-state index contributed by atoms with van der Waals surface area (Å²) in [6.07, 6.45) is 0. The minimum absolute atomic E-state index is 0.0243. The van der Waals surface area contributed by atoms with Gasteiger partial charge in [-0.1, -0.05) is 37.6 Å². The number of sulfonamides is 1. The molecule has 2 aromatic carbocycles. The largest absolute Gasteiger partial charge is 0.454 e. The summed E-state index contributed by atoms with van der Waals surface area (Å²) < 4.78 is 31.5. The SMILES string of the molecule is CCN(CC)S(=O)(=O)c1ccc(Cl)c(NC(=O)COC(=O)CN2C(=O)c3ccccc3C2=O)c1. The molecule has 0 spiro atoms. The van der Waals surface area contributed by atoms with Crippen LogP contribution in [0.25, 0.3) is 0 Å². The van der Waals surface area contributed by atoms with E-state index in [1.807, 2.05) is 0 Å². The van der Waals surface area contributed by atoms with Gasteiger partial charge in [-0.2, -0.15) is 4.31 Å². The third-order valence-electron chi connectivity index (χ3n) is 5.08. The third kappa shape index (κ3) is 5.11. The summed E-state index contributed by atoms with van der Waals surface area (Å²) in [5, 5.41) is 2.49. The summed E-state index contributed by atoms with van der Waals surface area (Å²) >= 11 is 6.08. The Bertz CT molecular complexity index is 1220. The Kier molecular flexibility index (Phi) is 7.70. The molecule has 0 saturated heterocycles. The maximum Gasteiger partial charge on any atom is 0.326 e. The van der Waals surface area contributed by atoms with Crippen LogP contribution in [-0.2, 0) is 24.3 Å². The fraction of sp³-hybridized carbons (Fsp3) is 0.273. The number of imide groups is 1. The topological polar surface area (TPSA) is 130 Å². The molecule has 3 amide bonds. The van der Waals surface area contributed by atoms with E-state index >= 15 is 0 Å². The fourth-order valence-electron chi connectivity index (χ4n) is 3.36. The van der Waals surface area contributed by atoms with Crippen LogP contribution >= 0.6 is 11.6 Å². The lowest BCUT2D eigenvalue weighted by molar-refractivity contribution is -0.147. The highest BCUT2D eigenvalue weighted by Gasteiger charge is 2.36. The van der Waals surface area contributed by atoms with Crippen molar-refractivity contribution in [2.45, 2.75) is 18.7 Å². The molecule has 3 rings (SSSR count). The molecule has 0 bridgehead atoms. The van der Waals surface area contributed by atoms with Gasteiger partial charge in [0.15, 0.2) is 6.61 Å². The van der Waals surface area contributed by atoms with Crippen molar-refractivity contribution in [1.29, 1.82) is 0 Å². The maximum absolute atomic E-state index is 12.7. The van der Waals surface area contributed by atoms with Gasteiger partial charge in [-0.15, -0.1) is 0 Å². The number of ether oxygens (including phenoxy) is 1. The lowest BCUT2D eigenvalue weighted by Crippen LogP contribution is -2.36. The number of carbonyl (C=O) groups excluding carboxylic acids is 4. The number of nitrogens with zero attached hydrogens (tertiary/aromatic N) is 2. The molecule has 0 radical (unpaired) electrons. The van der Waals surface area contributed by atoms with E-state index in [0.717, 1.165) is 4.90 Å². The minimum Gasteiger partial charge on any atom is -0.454 e. The Morgan fingerprint density at radius 2 is 1.62 bits per heavy atom. The summed E-state index contributed by atoms with van der Waals surface area (Å²) in [6.45, 7) is 2.56. The van der Waals surface area contributed by atoms with E-state index in [2.05, 4.69) is 5.32 Å². The predicted molar refractivity (Wildman–Crippen MR) is 123 cm³/mol. The van der Waals surface area contributed by atoms with E-state index in [0.29, 0.717) is 0 Å². The highest BCUT2D eigenvalue weighted by Crippen LogP contribution is 2.27. The van der Waals surface area contributed by atoms with Crippen LogP contribution in [0.4, 0.5) is 5.69 Å². The quantitative estimate of drug-likeness (QED) is 0.406. The number of carbonyl (C=O) groups is 4. The summed E-state index contributed by atoms with van der Waals surface area (Å²) in [5.74, 6) is -3.00. The Labute approximate surface area is 201 Å². The molecule has 2 aromatic rings. The zero-order chi connectivity index (χ0) is 25.0. The molecule has 0 saturated carbocycles. The molecule has 10 nitrogen and oxygen atoms in total. The molecule has 0 aromatic heterocycles. The number of nitrogens with one attached hydrogen (secondary N) is 1. The second-order valence-corrected chi connectivity index (χ2v) is 9.53. The van der Waals surface area contributed by atoms with Crippen molar-refractivity contribution in [2.24, 2.45) is 0 Å². The number of benzene rings is 2. The molecule has 1 aliphatic heterocycles. The van der Waals surface area contributed by atoms with Crippen LogP contribution in [0.1, 0.15) is 34.6 Å². The Balaban J connectivity index is 1.61. The van der Waals surface area contributed by atoms with Gasteiger partial charge in [0.05, 0.1) is 26.7 Å². The van der Waals surface area contributed by atoms with Gasteiger partial charge in [-0.3, -0.25) is 24.1 Å². The van der Waals surface area contributed by atoms with E-state index in [9.17, 15) is 27.6 Å². The van der Waals surface area contributed by atoms with E-state index in [1.165, 1.54) is 34.6 Å². The van der Waals surface area contributed by atoms with Gasteiger partial charge in [0.1, 0.15) is 6.54 Å².